The fraction of sp³-hybridized carbons (Fsp3) is 0.105. The van der Waals surface area contributed by atoms with Crippen molar-refractivity contribution >= 4 is 5.78 Å². The van der Waals surface area contributed by atoms with Gasteiger partial charge in [-0.25, -0.2) is 0 Å². The van der Waals surface area contributed by atoms with E-state index in [9.17, 15) is 4.79 Å². The second kappa shape index (κ2) is 5.19. The van der Waals surface area contributed by atoms with Crippen LogP contribution >= 0.6 is 0 Å². The van der Waals surface area contributed by atoms with E-state index in [1.807, 2.05) is 54.6 Å². The third kappa shape index (κ3) is 2.31. The van der Waals surface area contributed by atoms with Gasteiger partial charge in [0.05, 0.1) is 0 Å². The summed E-state index contributed by atoms with van der Waals surface area (Å²) >= 11 is 0. The fourth-order valence-electron chi connectivity index (χ4n) is 2.84. The Morgan fingerprint density at radius 1 is 1.14 bits per heavy atom. The molecule has 3 nitrogen and oxygen atoms in total. The minimum Gasteiger partial charge on any atom is -0.482 e. The lowest BCUT2D eigenvalue weighted by Gasteiger charge is -2.30. The van der Waals surface area contributed by atoms with Crippen molar-refractivity contribution in [3.05, 3.63) is 89.3 Å². The maximum Gasteiger partial charge on any atom is 0.160 e. The van der Waals surface area contributed by atoms with Gasteiger partial charge in [0.25, 0.3) is 0 Å². The molecule has 0 bridgehead atoms. The molecule has 0 radical (unpaired) electrons. The number of dihydropyridines is 1. The first-order chi connectivity index (χ1) is 10.8. The predicted octanol–water partition coefficient (Wildman–Crippen LogP) is 3.20. The number of hydrogen-bond donors (Lipinski definition) is 1. The first-order valence-electron chi connectivity index (χ1n) is 7.33. The van der Waals surface area contributed by atoms with Crippen LogP contribution in [-0.2, 0) is 4.79 Å². The summed E-state index contributed by atoms with van der Waals surface area (Å²) in [5.41, 5.74) is 4.12. The summed E-state index contributed by atoms with van der Waals surface area (Å²) in [5, 5.41) is 3.40. The highest BCUT2D eigenvalue weighted by atomic mass is 16.5. The summed E-state index contributed by atoms with van der Waals surface area (Å²) in [6, 6.07) is 9.77. The zero-order chi connectivity index (χ0) is 14.9. The molecular weight excluding hydrogens is 274 g/mol. The van der Waals surface area contributed by atoms with Crippen molar-refractivity contribution in [1.29, 1.82) is 0 Å². The lowest BCUT2D eigenvalue weighted by Crippen LogP contribution is -2.30. The Bertz CT molecular complexity index is 779. The molecule has 1 heterocycles. The van der Waals surface area contributed by atoms with E-state index in [2.05, 4.69) is 11.4 Å². The number of hydrogen-bond acceptors (Lipinski definition) is 3. The number of benzene rings is 1. The number of nitrogens with one attached hydrogen (secondary N) is 1. The number of carbonyl (C=O) groups is 1. The first-order valence-corrected chi connectivity index (χ1v) is 7.33. The van der Waals surface area contributed by atoms with Gasteiger partial charge in [0, 0.05) is 23.4 Å². The first kappa shape index (κ1) is 12.9. The summed E-state index contributed by atoms with van der Waals surface area (Å²) in [5.74, 6) is 0.968. The van der Waals surface area contributed by atoms with Crippen LogP contribution in [0.2, 0.25) is 0 Å². The highest BCUT2D eigenvalue weighted by Crippen LogP contribution is 2.31. The van der Waals surface area contributed by atoms with Gasteiger partial charge in [-0.15, -0.1) is 0 Å². The maximum absolute atomic E-state index is 11.6. The average Bonchev–Trinajstić information content (AvgIpc) is 2.54. The van der Waals surface area contributed by atoms with E-state index in [1.54, 1.807) is 6.08 Å². The molecule has 1 aromatic carbocycles. The van der Waals surface area contributed by atoms with Crippen LogP contribution in [0.1, 0.15) is 6.42 Å². The highest BCUT2D eigenvalue weighted by Gasteiger charge is 2.26. The molecule has 0 spiro atoms. The predicted molar refractivity (Wildman–Crippen MR) is 85.1 cm³/mol. The molecule has 0 saturated heterocycles. The van der Waals surface area contributed by atoms with E-state index in [-0.39, 0.29) is 11.9 Å². The number of ketones is 1. The Kier molecular flexibility index (Phi) is 3.04. The maximum atomic E-state index is 11.6. The normalized spacial score (nSPS) is 22.4. The van der Waals surface area contributed by atoms with E-state index in [4.69, 9.17) is 4.74 Å². The van der Waals surface area contributed by atoms with Gasteiger partial charge in [0.2, 0.25) is 0 Å². The average molecular weight is 289 g/mol. The number of carbonyl (C=O) groups excluding carboxylic acids is 1. The summed E-state index contributed by atoms with van der Waals surface area (Å²) in [4.78, 5) is 11.6. The summed E-state index contributed by atoms with van der Waals surface area (Å²) < 4.78 is 6.07. The Morgan fingerprint density at radius 2 is 2.00 bits per heavy atom. The van der Waals surface area contributed by atoms with Gasteiger partial charge in [-0.3, -0.25) is 4.79 Å². The Balaban J connectivity index is 1.66. The van der Waals surface area contributed by atoms with Gasteiger partial charge >= 0.3 is 0 Å². The van der Waals surface area contributed by atoms with Crippen LogP contribution in [0.5, 0.6) is 5.75 Å². The molecule has 0 amide bonds. The molecule has 3 aliphatic rings. The van der Waals surface area contributed by atoms with Crippen LogP contribution in [-0.4, -0.2) is 11.9 Å². The van der Waals surface area contributed by atoms with Crippen LogP contribution in [0.25, 0.3) is 0 Å². The molecular formula is C19H15NO2. The second-order valence-corrected chi connectivity index (χ2v) is 5.46. The minimum absolute atomic E-state index is 0.136. The minimum atomic E-state index is -0.148. The Morgan fingerprint density at radius 3 is 2.86 bits per heavy atom. The Labute approximate surface area is 129 Å². The molecule has 0 fully saturated rings. The molecule has 22 heavy (non-hydrogen) atoms. The smallest absolute Gasteiger partial charge is 0.160 e. The molecule has 2 aliphatic carbocycles. The topological polar surface area (TPSA) is 38.3 Å². The lowest BCUT2D eigenvalue weighted by molar-refractivity contribution is -0.114. The highest BCUT2D eigenvalue weighted by molar-refractivity contribution is 5.94. The van der Waals surface area contributed by atoms with Crippen molar-refractivity contribution in [1.82, 2.24) is 5.32 Å². The van der Waals surface area contributed by atoms with Crippen LogP contribution in [0.3, 0.4) is 0 Å². The van der Waals surface area contributed by atoms with Crippen molar-refractivity contribution in [2.24, 2.45) is 0 Å². The lowest BCUT2D eigenvalue weighted by atomic mass is 9.90. The van der Waals surface area contributed by atoms with Crippen molar-refractivity contribution in [3.8, 4) is 5.75 Å². The molecule has 1 aliphatic heterocycles. The molecule has 1 atom stereocenters. The number of allylic oxidation sites excluding steroid dienone is 6. The third-order valence-electron chi connectivity index (χ3n) is 3.92. The number of rotatable bonds is 2. The molecule has 0 saturated carbocycles. The fourth-order valence-corrected chi connectivity index (χ4v) is 2.84. The van der Waals surface area contributed by atoms with Crippen molar-refractivity contribution in [2.45, 2.75) is 12.5 Å². The summed E-state index contributed by atoms with van der Waals surface area (Å²) in [6.45, 7) is 0. The van der Waals surface area contributed by atoms with Crippen LogP contribution in [0.15, 0.2) is 89.3 Å². The largest absolute Gasteiger partial charge is 0.482 e. The van der Waals surface area contributed by atoms with E-state index < -0.39 is 0 Å². The van der Waals surface area contributed by atoms with E-state index >= 15 is 0 Å². The van der Waals surface area contributed by atoms with Gasteiger partial charge < -0.3 is 10.1 Å². The quantitative estimate of drug-likeness (QED) is 0.908. The number of fused-ring (bicyclic) bond motifs is 1. The van der Waals surface area contributed by atoms with Gasteiger partial charge in [0.15, 0.2) is 5.78 Å². The summed E-state index contributed by atoms with van der Waals surface area (Å²) in [6.07, 6.45) is 11.9. The van der Waals surface area contributed by atoms with Crippen LogP contribution in [0.4, 0.5) is 0 Å². The molecule has 4 rings (SSSR count). The summed E-state index contributed by atoms with van der Waals surface area (Å²) in [7, 11) is 0. The van der Waals surface area contributed by atoms with Gasteiger partial charge in [0.1, 0.15) is 11.9 Å². The van der Waals surface area contributed by atoms with E-state index in [0.29, 0.717) is 6.42 Å². The number of para-hydroxylation sites is 1. The third-order valence-corrected chi connectivity index (χ3v) is 3.92. The van der Waals surface area contributed by atoms with Crippen LogP contribution in [0, 0.1) is 0 Å². The molecule has 0 aromatic heterocycles. The molecule has 3 heteroatoms. The van der Waals surface area contributed by atoms with Gasteiger partial charge in [-0.05, 0) is 48.1 Å². The van der Waals surface area contributed by atoms with E-state index in [1.165, 1.54) is 0 Å². The molecule has 1 aromatic rings. The SMILES string of the molecule is O=C1C=CC2=C(C=C3C(=CC=CC3Oc3ccccc3)N2)C1. The second-order valence-electron chi connectivity index (χ2n) is 5.46. The molecule has 108 valence electrons. The van der Waals surface area contributed by atoms with Crippen molar-refractivity contribution < 1.29 is 9.53 Å². The Hall–Kier alpha value is -2.81. The van der Waals surface area contributed by atoms with E-state index in [0.717, 1.165) is 28.3 Å². The standard InChI is InChI=1S/C19H15NO2/c21-14-9-10-17-13(11-14)12-16-18(20-17)7-4-8-19(16)22-15-5-2-1-3-6-15/h1-10,12,19-20H,11H2. The monoisotopic (exact) mass is 289 g/mol. The van der Waals surface area contributed by atoms with Gasteiger partial charge in [-0.2, -0.15) is 0 Å². The zero-order valence-corrected chi connectivity index (χ0v) is 12.0. The van der Waals surface area contributed by atoms with Gasteiger partial charge in [-0.1, -0.05) is 24.3 Å². The molecule has 1 N–H and O–H groups in total. The van der Waals surface area contributed by atoms with Crippen molar-refractivity contribution in [2.75, 3.05) is 0 Å². The zero-order valence-electron chi connectivity index (χ0n) is 12.0. The van der Waals surface area contributed by atoms with Crippen LogP contribution < -0.4 is 10.1 Å². The molecule has 1 unspecified atom stereocenters. The number of ether oxygens (including phenoxy) is 1. The van der Waals surface area contributed by atoms with Crippen molar-refractivity contribution in [3.63, 3.8) is 0 Å².